The van der Waals surface area contributed by atoms with E-state index in [9.17, 15) is 14.9 Å². The third kappa shape index (κ3) is 5.25. The minimum absolute atomic E-state index is 0.0502. The molecule has 1 aromatic carbocycles. The molecule has 0 bridgehead atoms. The van der Waals surface area contributed by atoms with Crippen LogP contribution in [0, 0.1) is 10.1 Å². The fourth-order valence-electron chi connectivity index (χ4n) is 2.02. The van der Waals surface area contributed by atoms with Gasteiger partial charge in [-0.3, -0.25) is 10.1 Å². The molecular formula is C15H20N2O4. The van der Waals surface area contributed by atoms with E-state index in [1.807, 2.05) is 11.9 Å². The van der Waals surface area contributed by atoms with Gasteiger partial charge in [0.1, 0.15) is 0 Å². The highest BCUT2D eigenvalue weighted by Crippen LogP contribution is 2.26. The Hall–Kier alpha value is -2.37. The van der Waals surface area contributed by atoms with Crippen LogP contribution in [0.5, 0.6) is 0 Å². The zero-order chi connectivity index (χ0) is 15.8. The lowest BCUT2D eigenvalue weighted by Crippen LogP contribution is -2.19. The fraction of sp³-hybridized carbons (Fsp3) is 0.400. The van der Waals surface area contributed by atoms with Crippen LogP contribution in [0.15, 0.2) is 24.3 Å². The van der Waals surface area contributed by atoms with Crippen LogP contribution in [-0.4, -0.2) is 29.6 Å². The van der Waals surface area contributed by atoms with Crippen LogP contribution in [0.25, 0.3) is 6.08 Å². The first-order chi connectivity index (χ1) is 9.95. The molecule has 0 saturated heterocycles. The highest BCUT2D eigenvalue weighted by Gasteiger charge is 2.12. The summed E-state index contributed by atoms with van der Waals surface area (Å²) in [7, 11) is 1.90. The SMILES string of the molecule is CCCCCN(C)c1ccc([N+](=O)[O-])cc1/C=C/C(=O)O. The zero-order valence-electron chi connectivity index (χ0n) is 12.3. The number of hydrogen-bond acceptors (Lipinski definition) is 4. The van der Waals surface area contributed by atoms with Gasteiger partial charge in [-0.15, -0.1) is 0 Å². The van der Waals surface area contributed by atoms with Crippen LogP contribution in [0.4, 0.5) is 11.4 Å². The Kier molecular flexibility index (Phi) is 6.39. The number of carbonyl (C=O) groups is 1. The van der Waals surface area contributed by atoms with Crippen LogP contribution >= 0.6 is 0 Å². The molecule has 0 saturated carbocycles. The predicted molar refractivity (Wildman–Crippen MR) is 82.6 cm³/mol. The van der Waals surface area contributed by atoms with Crippen molar-refractivity contribution in [1.29, 1.82) is 0 Å². The van der Waals surface area contributed by atoms with E-state index < -0.39 is 10.9 Å². The number of non-ortho nitro benzene ring substituents is 1. The minimum atomic E-state index is -1.08. The lowest BCUT2D eigenvalue weighted by Gasteiger charge is -2.21. The van der Waals surface area contributed by atoms with Gasteiger partial charge in [-0.2, -0.15) is 0 Å². The first-order valence-electron chi connectivity index (χ1n) is 6.86. The molecule has 114 valence electrons. The smallest absolute Gasteiger partial charge is 0.328 e. The Bertz CT molecular complexity index is 540. The predicted octanol–water partition coefficient (Wildman–Crippen LogP) is 3.32. The number of carboxylic acids is 1. The molecule has 0 radical (unpaired) electrons. The highest BCUT2D eigenvalue weighted by molar-refractivity contribution is 5.87. The first-order valence-corrected chi connectivity index (χ1v) is 6.86. The third-order valence-corrected chi connectivity index (χ3v) is 3.14. The van der Waals surface area contributed by atoms with Crippen molar-refractivity contribution >= 4 is 23.4 Å². The summed E-state index contributed by atoms with van der Waals surface area (Å²) in [5.74, 6) is -1.08. The van der Waals surface area contributed by atoms with Gasteiger partial charge in [0.15, 0.2) is 0 Å². The average molecular weight is 292 g/mol. The number of nitro benzene ring substituents is 1. The number of carboxylic acid groups (broad SMARTS) is 1. The molecule has 6 heteroatoms. The molecule has 0 aliphatic heterocycles. The molecule has 21 heavy (non-hydrogen) atoms. The summed E-state index contributed by atoms with van der Waals surface area (Å²) in [6, 6.07) is 4.49. The summed E-state index contributed by atoms with van der Waals surface area (Å²) < 4.78 is 0. The van der Waals surface area contributed by atoms with Gasteiger partial charge in [0.25, 0.3) is 5.69 Å². The van der Waals surface area contributed by atoms with Gasteiger partial charge in [0.2, 0.25) is 0 Å². The number of hydrogen-bond donors (Lipinski definition) is 1. The molecule has 1 aromatic rings. The average Bonchev–Trinajstić information content (AvgIpc) is 2.44. The van der Waals surface area contributed by atoms with E-state index in [1.54, 1.807) is 6.07 Å². The standard InChI is InChI=1S/C15H20N2O4/c1-3-4-5-10-16(2)14-8-7-13(17(20)21)11-12(14)6-9-15(18)19/h6-9,11H,3-5,10H2,1-2H3,(H,18,19)/b9-6+. The van der Waals surface area contributed by atoms with Gasteiger partial charge in [-0.25, -0.2) is 4.79 Å². The quantitative estimate of drug-likeness (QED) is 0.344. The summed E-state index contributed by atoms with van der Waals surface area (Å²) in [5, 5.41) is 19.6. The molecule has 1 rings (SSSR count). The van der Waals surface area contributed by atoms with Crippen molar-refractivity contribution in [2.24, 2.45) is 0 Å². The number of anilines is 1. The second-order valence-electron chi connectivity index (χ2n) is 4.80. The van der Waals surface area contributed by atoms with Crippen molar-refractivity contribution in [1.82, 2.24) is 0 Å². The van der Waals surface area contributed by atoms with Crippen molar-refractivity contribution in [2.45, 2.75) is 26.2 Å². The number of rotatable bonds is 8. The second kappa shape index (κ2) is 8.04. The Balaban J connectivity index is 3.05. The Morgan fingerprint density at radius 1 is 1.43 bits per heavy atom. The molecule has 1 N–H and O–H groups in total. The normalized spacial score (nSPS) is 10.8. The molecular weight excluding hydrogens is 272 g/mol. The lowest BCUT2D eigenvalue weighted by molar-refractivity contribution is -0.384. The van der Waals surface area contributed by atoms with Crippen molar-refractivity contribution in [3.63, 3.8) is 0 Å². The van der Waals surface area contributed by atoms with Gasteiger partial charge < -0.3 is 10.0 Å². The maximum Gasteiger partial charge on any atom is 0.328 e. The molecule has 0 heterocycles. The zero-order valence-corrected chi connectivity index (χ0v) is 12.3. The largest absolute Gasteiger partial charge is 0.478 e. The number of nitro groups is 1. The molecule has 0 aromatic heterocycles. The fourth-order valence-corrected chi connectivity index (χ4v) is 2.02. The maximum absolute atomic E-state index is 10.8. The first kappa shape index (κ1) is 16.7. The summed E-state index contributed by atoms with van der Waals surface area (Å²) in [6.45, 7) is 2.94. The van der Waals surface area contributed by atoms with Gasteiger partial charge in [-0.05, 0) is 18.6 Å². The number of aliphatic carboxylic acids is 1. The summed E-state index contributed by atoms with van der Waals surface area (Å²) in [4.78, 5) is 23.0. The molecule has 0 atom stereocenters. The van der Waals surface area contributed by atoms with Gasteiger partial charge >= 0.3 is 5.97 Å². The number of benzene rings is 1. The monoisotopic (exact) mass is 292 g/mol. The Morgan fingerprint density at radius 3 is 2.71 bits per heavy atom. The van der Waals surface area contributed by atoms with Crippen LogP contribution in [0.3, 0.4) is 0 Å². The third-order valence-electron chi connectivity index (χ3n) is 3.14. The summed E-state index contributed by atoms with van der Waals surface area (Å²) in [5.41, 5.74) is 1.27. The maximum atomic E-state index is 10.8. The van der Waals surface area contributed by atoms with Crippen LogP contribution in [-0.2, 0) is 4.79 Å². The van der Waals surface area contributed by atoms with Crippen LogP contribution < -0.4 is 4.90 Å². The van der Waals surface area contributed by atoms with E-state index in [0.717, 1.165) is 37.6 Å². The molecule has 0 unspecified atom stereocenters. The topological polar surface area (TPSA) is 83.7 Å². The van der Waals surface area contributed by atoms with E-state index in [4.69, 9.17) is 5.11 Å². The van der Waals surface area contributed by atoms with Gasteiger partial charge in [0, 0.05) is 43.1 Å². The van der Waals surface area contributed by atoms with E-state index in [1.165, 1.54) is 18.2 Å². The van der Waals surface area contributed by atoms with Crippen molar-refractivity contribution < 1.29 is 14.8 Å². The van der Waals surface area contributed by atoms with Crippen molar-refractivity contribution in [3.05, 3.63) is 40.0 Å². The van der Waals surface area contributed by atoms with Gasteiger partial charge in [-0.1, -0.05) is 19.8 Å². The van der Waals surface area contributed by atoms with Crippen molar-refractivity contribution in [3.8, 4) is 0 Å². The van der Waals surface area contributed by atoms with E-state index in [2.05, 4.69) is 6.92 Å². The summed E-state index contributed by atoms with van der Waals surface area (Å²) in [6.07, 6.45) is 5.62. The number of nitrogens with zero attached hydrogens (tertiary/aromatic N) is 2. The molecule has 0 aliphatic carbocycles. The molecule has 6 nitrogen and oxygen atoms in total. The summed E-state index contributed by atoms with van der Waals surface area (Å²) >= 11 is 0. The second-order valence-corrected chi connectivity index (χ2v) is 4.80. The molecule has 0 fully saturated rings. The van der Waals surface area contributed by atoms with Crippen LogP contribution in [0.1, 0.15) is 31.7 Å². The Morgan fingerprint density at radius 2 is 2.14 bits per heavy atom. The minimum Gasteiger partial charge on any atom is -0.478 e. The van der Waals surface area contributed by atoms with E-state index >= 15 is 0 Å². The lowest BCUT2D eigenvalue weighted by atomic mass is 10.1. The van der Waals surface area contributed by atoms with E-state index in [-0.39, 0.29) is 5.69 Å². The molecule has 0 amide bonds. The molecule has 0 spiro atoms. The van der Waals surface area contributed by atoms with Crippen molar-refractivity contribution in [2.75, 3.05) is 18.5 Å². The Labute approximate surface area is 123 Å². The van der Waals surface area contributed by atoms with Gasteiger partial charge in [0.05, 0.1) is 4.92 Å². The van der Waals surface area contributed by atoms with Crippen LogP contribution in [0.2, 0.25) is 0 Å². The number of unbranched alkanes of at least 4 members (excludes halogenated alkanes) is 2. The van der Waals surface area contributed by atoms with E-state index in [0.29, 0.717) is 5.56 Å². The highest BCUT2D eigenvalue weighted by atomic mass is 16.6. The molecule has 0 aliphatic rings.